The Kier molecular flexibility index (Phi) is 5.26. The van der Waals surface area contributed by atoms with Gasteiger partial charge in [0.25, 0.3) is 11.1 Å². The second-order valence-corrected chi connectivity index (χ2v) is 8.28. The van der Waals surface area contributed by atoms with Crippen molar-refractivity contribution in [3.05, 3.63) is 46.9 Å². The third-order valence-corrected chi connectivity index (χ3v) is 6.44. The van der Waals surface area contributed by atoms with Gasteiger partial charge in [0.05, 0.1) is 12.0 Å². The molecule has 2 fully saturated rings. The van der Waals surface area contributed by atoms with Crippen LogP contribution in [0.25, 0.3) is 6.08 Å². The summed E-state index contributed by atoms with van der Waals surface area (Å²) in [5, 5.41) is 2.59. The van der Waals surface area contributed by atoms with E-state index < -0.39 is 0 Å². The van der Waals surface area contributed by atoms with Crippen molar-refractivity contribution >= 4 is 34.9 Å². The number of carbonyl (C=O) groups is 3. The monoisotopic (exact) mass is 398 g/mol. The van der Waals surface area contributed by atoms with Gasteiger partial charge in [0.2, 0.25) is 5.91 Å². The van der Waals surface area contributed by atoms with E-state index in [1.54, 1.807) is 25.3 Å². The number of nitrogens with zero attached hydrogens (tertiary/aromatic N) is 1. The zero-order chi connectivity index (χ0) is 19.7. The standard InChI is InChI=1S/C21H22N2O4S/c1-27-16-6-3-13(4-7-16)12-18-20(25)23(21(26)28-18)9-8-22-19(24)17-11-14-2-5-15(17)10-14/h2-7,12,14-15,17H,8-11H2,1H3,(H,22,24)/b18-12-/t14-,15-,17-/m0/s1. The van der Waals surface area contributed by atoms with E-state index in [0.29, 0.717) is 16.7 Å². The number of hydrogen-bond donors (Lipinski definition) is 1. The highest BCUT2D eigenvalue weighted by Gasteiger charge is 2.40. The summed E-state index contributed by atoms with van der Waals surface area (Å²) in [6.45, 7) is 0.470. The van der Waals surface area contributed by atoms with Crippen molar-refractivity contribution < 1.29 is 19.1 Å². The molecule has 2 bridgehead atoms. The van der Waals surface area contributed by atoms with Gasteiger partial charge in [-0.25, -0.2) is 0 Å². The Hall–Kier alpha value is -2.54. The van der Waals surface area contributed by atoms with Crippen LogP contribution in [0.4, 0.5) is 4.79 Å². The molecule has 4 rings (SSSR count). The largest absolute Gasteiger partial charge is 0.497 e. The lowest BCUT2D eigenvalue weighted by molar-refractivity contribution is -0.127. The summed E-state index contributed by atoms with van der Waals surface area (Å²) < 4.78 is 5.12. The molecule has 2 aliphatic carbocycles. The summed E-state index contributed by atoms with van der Waals surface area (Å²) in [5.74, 6) is 1.34. The van der Waals surface area contributed by atoms with Crippen molar-refractivity contribution in [2.75, 3.05) is 20.2 Å². The molecule has 1 heterocycles. The number of ether oxygens (including phenoxy) is 1. The lowest BCUT2D eigenvalue weighted by Gasteiger charge is -2.19. The van der Waals surface area contributed by atoms with Gasteiger partial charge in [-0.05, 0) is 60.2 Å². The summed E-state index contributed by atoms with van der Waals surface area (Å²) in [7, 11) is 1.59. The molecule has 3 amide bonds. The summed E-state index contributed by atoms with van der Waals surface area (Å²) in [6.07, 6.45) is 8.00. The van der Waals surface area contributed by atoms with Gasteiger partial charge in [0, 0.05) is 19.0 Å². The number of thioether (sulfide) groups is 1. The van der Waals surface area contributed by atoms with Crippen molar-refractivity contribution in [1.82, 2.24) is 10.2 Å². The quantitative estimate of drug-likeness (QED) is 0.589. The van der Waals surface area contributed by atoms with Crippen LogP contribution < -0.4 is 10.1 Å². The second kappa shape index (κ2) is 7.83. The topological polar surface area (TPSA) is 75.7 Å². The highest BCUT2D eigenvalue weighted by Crippen LogP contribution is 2.43. The fourth-order valence-electron chi connectivity index (χ4n) is 4.05. The van der Waals surface area contributed by atoms with Crippen molar-refractivity contribution in [2.45, 2.75) is 12.8 Å². The molecule has 3 atom stereocenters. The van der Waals surface area contributed by atoms with Crippen LogP contribution in [0.1, 0.15) is 18.4 Å². The molecule has 7 heteroatoms. The zero-order valence-corrected chi connectivity index (χ0v) is 16.4. The Bertz CT molecular complexity index is 862. The van der Waals surface area contributed by atoms with Crippen molar-refractivity contribution in [3.8, 4) is 5.75 Å². The van der Waals surface area contributed by atoms with Gasteiger partial charge in [0.15, 0.2) is 0 Å². The minimum atomic E-state index is -0.317. The molecule has 146 valence electrons. The Labute approximate surface area is 168 Å². The lowest BCUT2D eigenvalue weighted by Crippen LogP contribution is -2.40. The molecule has 1 N–H and O–H groups in total. The molecular formula is C21H22N2O4S. The van der Waals surface area contributed by atoms with Crippen molar-refractivity contribution in [2.24, 2.45) is 17.8 Å². The van der Waals surface area contributed by atoms with Crippen LogP contribution in [0.2, 0.25) is 0 Å². The fraction of sp³-hybridized carbons (Fsp3) is 0.381. The van der Waals surface area contributed by atoms with E-state index in [1.807, 2.05) is 12.1 Å². The van der Waals surface area contributed by atoms with Crippen LogP contribution >= 0.6 is 11.8 Å². The van der Waals surface area contributed by atoms with Crippen LogP contribution in [0.3, 0.4) is 0 Å². The summed E-state index contributed by atoms with van der Waals surface area (Å²) in [6, 6.07) is 7.26. The first-order valence-electron chi connectivity index (χ1n) is 9.40. The molecular weight excluding hydrogens is 376 g/mol. The highest BCUT2D eigenvalue weighted by atomic mass is 32.2. The molecule has 6 nitrogen and oxygen atoms in total. The van der Waals surface area contributed by atoms with Crippen LogP contribution in [0.15, 0.2) is 41.3 Å². The smallest absolute Gasteiger partial charge is 0.293 e. The number of fused-ring (bicyclic) bond motifs is 2. The van der Waals surface area contributed by atoms with Crippen LogP contribution in [0, 0.1) is 17.8 Å². The summed E-state index contributed by atoms with van der Waals surface area (Å²) >= 11 is 0.926. The van der Waals surface area contributed by atoms with Crippen LogP contribution in [-0.4, -0.2) is 42.2 Å². The minimum absolute atomic E-state index is 0.0256. The average molecular weight is 398 g/mol. The molecule has 1 saturated heterocycles. The van der Waals surface area contributed by atoms with Gasteiger partial charge < -0.3 is 10.1 Å². The van der Waals surface area contributed by atoms with E-state index in [1.165, 1.54) is 4.90 Å². The molecule has 1 aromatic carbocycles. The number of nitrogens with one attached hydrogen (secondary N) is 1. The molecule has 0 radical (unpaired) electrons. The number of allylic oxidation sites excluding steroid dienone is 2. The number of carbonyl (C=O) groups excluding carboxylic acids is 3. The highest BCUT2D eigenvalue weighted by molar-refractivity contribution is 8.18. The first kappa shape index (κ1) is 18.8. The maximum Gasteiger partial charge on any atom is 0.293 e. The molecule has 28 heavy (non-hydrogen) atoms. The summed E-state index contributed by atoms with van der Waals surface area (Å²) in [5.41, 5.74) is 0.823. The summed E-state index contributed by atoms with van der Waals surface area (Å²) in [4.78, 5) is 38.7. The fourth-order valence-corrected chi connectivity index (χ4v) is 4.91. The van der Waals surface area contributed by atoms with Gasteiger partial charge in [-0.2, -0.15) is 0 Å². The number of methoxy groups -OCH3 is 1. The molecule has 3 aliphatic rings. The SMILES string of the molecule is COc1ccc(/C=C2\SC(=O)N(CCNC(=O)[C@H]3C[C@H]4C=C[C@H]3C4)C2=O)cc1. The number of hydrogen-bond acceptors (Lipinski definition) is 5. The number of benzene rings is 1. The minimum Gasteiger partial charge on any atom is -0.497 e. The predicted molar refractivity (Wildman–Crippen MR) is 108 cm³/mol. The maximum atomic E-state index is 12.5. The Balaban J connectivity index is 1.32. The van der Waals surface area contributed by atoms with E-state index in [2.05, 4.69) is 17.5 Å². The first-order chi connectivity index (χ1) is 13.5. The van der Waals surface area contributed by atoms with E-state index in [-0.39, 0.29) is 36.1 Å². The molecule has 0 spiro atoms. The van der Waals surface area contributed by atoms with Gasteiger partial charge in [-0.15, -0.1) is 0 Å². The molecule has 0 aromatic heterocycles. The molecule has 0 unspecified atom stereocenters. The number of amides is 3. The van der Waals surface area contributed by atoms with Crippen molar-refractivity contribution in [3.63, 3.8) is 0 Å². The van der Waals surface area contributed by atoms with Gasteiger partial charge in [-0.3, -0.25) is 19.3 Å². The third kappa shape index (κ3) is 3.71. The van der Waals surface area contributed by atoms with Crippen LogP contribution in [-0.2, 0) is 9.59 Å². The van der Waals surface area contributed by atoms with Gasteiger partial charge in [0.1, 0.15) is 5.75 Å². The third-order valence-electron chi connectivity index (χ3n) is 5.54. The normalized spacial score (nSPS) is 27.1. The van der Waals surface area contributed by atoms with Gasteiger partial charge >= 0.3 is 0 Å². The van der Waals surface area contributed by atoms with E-state index in [4.69, 9.17) is 4.74 Å². The second-order valence-electron chi connectivity index (χ2n) is 7.28. The lowest BCUT2D eigenvalue weighted by atomic mass is 9.93. The van der Waals surface area contributed by atoms with E-state index in [9.17, 15) is 14.4 Å². The Morgan fingerprint density at radius 3 is 2.68 bits per heavy atom. The molecule has 1 aromatic rings. The zero-order valence-electron chi connectivity index (χ0n) is 15.6. The molecule has 1 saturated carbocycles. The molecule has 1 aliphatic heterocycles. The van der Waals surface area contributed by atoms with E-state index >= 15 is 0 Å². The maximum absolute atomic E-state index is 12.5. The Morgan fingerprint density at radius 2 is 2.04 bits per heavy atom. The number of rotatable bonds is 6. The van der Waals surface area contributed by atoms with Crippen molar-refractivity contribution in [1.29, 1.82) is 0 Å². The average Bonchev–Trinajstić information content (AvgIpc) is 3.40. The Morgan fingerprint density at radius 1 is 1.25 bits per heavy atom. The predicted octanol–water partition coefficient (Wildman–Crippen LogP) is 3.06. The number of imide groups is 1. The first-order valence-corrected chi connectivity index (χ1v) is 10.2. The van der Waals surface area contributed by atoms with Crippen LogP contribution in [0.5, 0.6) is 5.75 Å². The van der Waals surface area contributed by atoms with Gasteiger partial charge in [-0.1, -0.05) is 24.3 Å². The van der Waals surface area contributed by atoms with E-state index in [0.717, 1.165) is 35.9 Å².